The van der Waals surface area contributed by atoms with Crippen molar-refractivity contribution in [3.63, 3.8) is 0 Å². The number of phosphoric ester groups is 2. The van der Waals surface area contributed by atoms with Gasteiger partial charge in [0.1, 0.15) is 12.7 Å². The lowest BCUT2D eigenvalue weighted by molar-refractivity contribution is -0.143. The SMILES string of the molecule is CCCCCOP(=O)(O)On1ccnc1.CCCCCOP(=O)(O)On1ccnc1.N.N.O=C(O)CCC(=O)O. The number of rotatable bonds is 17. The maximum Gasteiger partial charge on any atom is 0.546 e. The van der Waals surface area contributed by atoms with Crippen LogP contribution in [0.4, 0.5) is 0 Å². The summed E-state index contributed by atoms with van der Waals surface area (Å²) in [4.78, 5) is 45.1. The van der Waals surface area contributed by atoms with E-state index in [0.717, 1.165) is 48.0 Å². The first-order valence-corrected chi connectivity index (χ1v) is 14.6. The molecule has 2 rings (SSSR count). The molecule has 2 aromatic heterocycles. The van der Waals surface area contributed by atoms with Gasteiger partial charge in [-0.1, -0.05) is 39.5 Å². The van der Waals surface area contributed by atoms with E-state index in [1.807, 2.05) is 13.8 Å². The Kier molecular flexibility index (Phi) is 25.0. The van der Waals surface area contributed by atoms with E-state index in [1.54, 1.807) is 0 Å². The summed E-state index contributed by atoms with van der Waals surface area (Å²) in [5, 5.41) is 15.8. The second kappa shape index (κ2) is 24.0. The third kappa shape index (κ3) is 25.5. The number of aliphatic carboxylic acids is 2. The van der Waals surface area contributed by atoms with Crippen LogP contribution in [-0.4, -0.2) is 64.6 Å². The van der Waals surface area contributed by atoms with Gasteiger partial charge in [-0.05, 0) is 12.8 Å². The minimum atomic E-state index is -4.00. The Balaban J connectivity index is -0.000000525. The summed E-state index contributed by atoms with van der Waals surface area (Å²) in [6.45, 7) is 4.52. The molecule has 0 aliphatic heterocycles. The Hall–Kier alpha value is -2.82. The Morgan fingerprint density at radius 2 is 1.07 bits per heavy atom. The molecule has 0 aromatic carbocycles. The highest BCUT2D eigenvalue weighted by Gasteiger charge is 2.23. The van der Waals surface area contributed by atoms with Crippen molar-refractivity contribution in [2.24, 2.45) is 0 Å². The molecule has 0 spiro atoms. The van der Waals surface area contributed by atoms with Crippen LogP contribution in [0, 0.1) is 0 Å². The number of phosphoric acid groups is 2. The molecule has 0 aliphatic rings. The lowest BCUT2D eigenvalue weighted by Gasteiger charge is -2.11. The molecule has 0 bridgehead atoms. The highest BCUT2D eigenvalue weighted by atomic mass is 31.2. The van der Waals surface area contributed by atoms with Gasteiger partial charge in [-0.3, -0.25) is 28.4 Å². The Bertz CT molecular complexity index is 901. The fraction of sp³-hybridized carbons (Fsp3) is 0.600. The Morgan fingerprint density at radius 3 is 1.32 bits per heavy atom. The molecule has 2 unspecified atom stereocenters. The summed E-state index contributed by atoms with van der Waals surface area (Å²) >= 11 is 0. The van der Waals surface area contributed by atoms with Crippen molar-refractivity contribution < 1.29 is 57.0 Å². The molecule has 20 heteroatoms. The van der Waals surface area contributed by atoms with E-state index >= 15 is 0 Å². The maximum atomic E-state index is 11.3. The highest BCUT2D eigenvalue weighted by molar-refractivity contribution is 7.47. The molecular weight excluding hydrogens is 578 g/mol. The number of carbonyl (C=O) groups is 2. The number of nitrogens with zero attached hydrogens (tertiary/aromatic N) is 4. The molecule has 0 amide bonds. The van der Waals surface area contributed by atoms with Crippen LogP contribution >= 0.6 is 15.6 Å². The highest BCUT2D eigenvalue weighted by Crippen LogP contribution is 2.40. The fourth-order valence-corrected chi connectivity index (χ4v) is 3.64. The van der Waals surface area contributed by atoms with Gasteiger partial charge < -0.3 is 31.8 Å². The van der Waals surface area contributed by atoms with E-state index < -0.39 is 27.6 Å². The molecule has 40 heavy (non-hydrogen) atoms. The number of carboxylic acids is 2. The minimum Gasteiger partial charge on any atom is -0.481 e. The average Bonchev–Trinajstić information content (AvgIpc) is 3.53. The summed E-state index contributed by atoms with van der Waals surface area (Å²) in [5.41, 5.74) is 0. The van der Waals surface area contributed by atoms with Gasteiger partial charge in [-0.15, -0.1) is 0 Å². The quantitative estimate of drug-likeness (QED) is 0.109. The molecular formula is C20H42N6O12P2. The number of unbranched alkanes of at least 4 members (excludes halogenated alkanes) is 4. The molecule has 0 aliphatic carbocycles. The van der Waals surface area contributed by atoms with Crippen LogP contribution < -0.4 is 21.6 Å². The first-order chi connectivity index (χ1) is 17.9. The average molecular weight is 621 g/mol. The molecule has 10 N–H and O–H groups in total. The fourth-order valence-electron chi connectivity index (χ4n) is 2.15. The summed E-state index contributed by atoms with van der Waals surface area (Å²) < 4.78 is 43.5. The van der Waals surface area contributed by atoms with Crippen LogP contribution in [0.1, 0.15) is 65.2 Å². The van der Waals surface area contributed by atoms with E-state index in [9.17, 15) is 28.5 Å². The third-order valence-corrected chi connectivity index (χ3v) is 5.72. The summed E-state index contributed by atoms with van der Waals surface area (Å²) in [5.74, 6) is -2.15. The van der Waals surface area contributed by atoms with Crippen LogP contribution in [0.3, 0.4) is 0 Å². The van der Waals surface area contributed by atoms with Crippen molar-refractivity contribution in [1.82, 2.24) is 31.7 Å². The lowest BCUT2D eigenvalue weighted by atomic mass is 10.3. The van der Waals surface area contributed by atoms with E-state index in [0.29, 0.717) is 0 Å². The largest absolute Gasteiger partial charge is 0.546 e. The normalized spacial score (nSPS) is 12.8. The predicted octanol–water partition coefficient (Wildman–Crippen LogP) is 3.50. The van der Waals surface area contributed by atoms with Gasteiger partial charge in [-0.25, -0.2) is 19.1 Å². The van der Waals surface area contributed by atoms with E-state index in [4.69, 9.17) is 19.3 Å². The molecule has 18 nitrogen and oxygen atoms in total. The summed E-state index contributed by atoms with van der Waals surface area (Å²) in [7, 11) is -8.00. The van der Waals surface area contributed by atoms with Gasteiger partial charge >= 0.3 is 27.6 Å². The van der Waals surface area contributed by atoms with Crippen LogP contribution in [0.5, 0.6) is 0 Å². The molecule has 2 heterocycles. The van der Waals surface area contributed by atoms with Crippen molar-refractivity contribution in [2.75, 3.05) is 13.2 Å². The van der Waals surface area contributed by atoms with Crippen molar-refractivity contribution >= 4 is 27.6 Å². The topological polar surface area (TPSA) is 292 Å². The minimum absolute atomic E-state index is 0. The summed E-state index contributed by atoms with van der Waals surface area (Å²) in [6, 6.07) is 0. The molecule has 0 saturated heterocycles. The zero-order valence-corrected chi connectivity index (χ0v) is 24.5. The standard InChI is InChI=1S/2C8H15N2O4P.C4H6O4.2H3N/c2*1-2-3-4-7-13-15(11,12)14-10-6-5-9-8-10;5-3(6)1-2-4(7)8;;/h2*5-6,8H,2-4,7H2,1H3,(H,11,12);1-2H2,(H,5,6)(H,7,8);2*1H3. The molecule has 0 radical (unpaired) electrons. The van der Waals surface area contributed by atoms with Gasteiger partial charge in [0, 0.05) is 12.4 Å². The number of hydrogen-bond acceptors (Lipinski definition) is 12. The molecule has 0 fully saturated rings. The zero-order valence-electron chi connectivity index (χ0n) is 22.7. The van der Waals surface area contributed by atoms with Crippen LogP contribution in [-0.2, 0) is 27.8 Å². The van der Waals surface area contributed by atoms with Crippen molar-refractivity contribution in [3.8, 4) is 0 Å². The van der Waals surface area contributed by atoms with Crippen LogP contribution in [0.2, 0.25) is 0 Å². The molecule has 234 valence electrons. The Morgan fingerprint density at radius 1 is 0.725 bits per heavy atom. The smallest absolute Gasteiger partial charge is 0.481 e. The van der Waals surface area contributed by atoms with Gasteiger partial charge in [0.25, 0.3) is 0 Å². The van der Waals surface area contributed by atoms with Crippen LogP contribution in [0.25, 0.3) is 0 Å². The van der Waals surface area contributed by atoms with E-state index in [2.05, 4.69) is 19.2 Å². The first kappa shape index (κ1) is 41.7. The van der Waals surface area contributed by atoms with Gasteiger partial charge in [0.2, 0.25) is 0 Å². The van der Waals surface area contributed by atoms with Crippen molar-refractivity contribution in [3.05, 3.63) is 37.4 Å². The second-order valence-corrected chi connectivity index (χ2v) is 10.0. The number of hydrogen-bond donors (Lipinski definition) is 6. The predicted molar refractivity (Wildman–Crippen MR) is 143 cm³/mol. The molecule has 2 aromatic rings. The van der Waals surface area contributed by atoms with Gasteiger partial charge in [-0.2, -0.15) is 9.46 Å². The van der Waals surface area contributed by atoms with Crippen LogP contribution in [0.15, 0.2) is 37.4 Å². The van der Waals surface area contributed by atoms with Crippen molar-refractivity contribution in [2.45, 2.75) is 65.2 Å². The maximum absolute atomic E-state index is 11.3. The lowest BCUT2D eigenvalue weighted by Crippen LogP contribution is -2.09. The number of aromatic nitrogens is 4. The zero-order chi connectivity index (χ0) is 28.9. The number of imidazole rings is 2. The molecule has 0 saturated carbocycles. The van der Waals surface area contributed by atoms with Gasteiger partial charge in [0.15, 0.2) is 0 Å². The monoisotopic (exact) mass is 620 g/mol. The third-order valence-electron chi connectivity index (χ3n) is 3.91. The first-order valence-electron chi connectivity index (χ1n) is 11.6. The summed E-state index contributed by atoms with van der Waals surface area (Å²) in [6.07, 6.45) is 13.1. The number of carboxylic acid groups (broad SMARTS) is 2. The second-order valence-electron chi connectivity index (χ2n) is 7.31. The molecule has 2 atom stereocenters. The van der Waals surface area contributed by atoms with E-state index in [1.165, 1.54) is 37.4 Å². The van der Waals surface area contributed by atoms with Crippen molar-refractivity contribution in [1.29, 1.82) is 0 Å². The van der Waals surface area contributed by atoms with E-state index in [-0.39, 0.29) is 38.4 Å². The Labute approximate surface area is 232 Å². The van der Waals surface area contributed by atoms with Gasteiger partial charge in [0.05, 0.1) is 38.4 Å².